The monoisotopic (exact) mass is 270 g/mol. The highest BCUT2D eigenvalue weighted by molar-refractivity contribution is 6.02. The van der Waals surface area contributed by atoms with Crippen molar-refractivity contribution in [1.82, 2.24) is 0 Å². The Kier molecular flexibility index (Phi) is 3.97. The number of Topliss-reactive ketones (excluding diaryl/α,β-unsaturated/α-hetero) is 1. The minimum absolute atomic E-state index is 0.113. The van der Waals surface area contributed by atoms with Crippen LogP contribution in [-0.4, -0.2) is 41.3 Å². The van der Waals surface area contributed by atoms with Crippen LogP contribution >= 0.6 is 0 Å². The van der Waals surface area contributed by atoms with E-state index in [1.807, 2.05) is 6.92 Å². The van der Waals surface area contributed by atoms with E-state index in [1.54, 1.807) is 6.92 Å². The lowest BCUT2D eigenvalue weighted by atomic mass is 9.60. The summed E-state index contributed by atoms with van der Waals surface area (Å²) in [5.74, 6) is -1.76. The Bertz CT molecular complexity index is 380. The first-order valence-electron chi connectivity index (χ1n) is 6.94. The third-order valence-corrected chi connectivity index (χ3v) is 4.97. The van der Waals surface area contributed by atoms with Crippen LogP contribution in [0.15, 0.2) is 0 Å². The van der Waals surface area contributed by atoms with Gasteiger partial charge in [-0.3, -0.25) is 9.59 Å². The molecule has 0 aromatic heterocycles. The van der Waals surface area contributed by atoms with Crippen LogP contribution in [0, 0.1) is 23.2 Å². The molecule has 0 amide bonds. The molecule has 0 heterocycles. The molecule has 5 atom stereocenters. The predicted octanol–water partition coefficient (Wildman–Crippen LogP) is 0.524. The quantitative estimate of drug-likeness (QED) is 0.577. The van der Waals surface area contributed by atoms with Crippen LogP contribution in [0.3, 0.4) is 0 Å². The number of fused-ring (bicyclic) bond motifs is 1. The molecular weight excluding hydrogens is 248 g/mol. The maximum absolute atomic E-state index is 12.2. The molecule has 2 fully saturated rings. The van der Waals surface area contributed by atoms with Gasteiger partial charge in [-0.1, -0.05) is 6.92 Å². The van der Waals surface area contributed by atoms with Gasteiger partial charge in [0, 0.05) is 18.9 Å². The fourth-order valence-corrected chi connectivity index (χ4v) is 3.94. The van der Waals surface area contributed by atoms with Gasteiger partial charge in [0.15, 0.2) is 0 Å². The Morgan fingerprint density at radius 1 is 1.53 bits per heavy atom. The standard InChI is InChI=1S/C14H22O5/c1-3-19-13(18)12-11(17)6-9-8(7-15)10(16)4-5-14(9,12)2/h8-10,12,15-16H,3-7H2,1-2H3/t8-,9-,10-,12?,14-/m0/s1. The Morgan fingerprint density at radius 3 is 2.79 bits per heavy atom. The van der Waals surface area contributed by atoms with Gasteiger partial charge in [-0.15, -0.1) is 0 Å². The average molecular weight is 270 g/mol. The molecule has 0 bridgehead atoms. The van der Waals surface area contributed by atoms with E-state index in [1.165, 1.54) is 0 Å². The van der Waals surface area contributed by atoms with Gasteiger partial charge in [-0.25, -0.2) is 0 Å². The van der Waals surface area contributed by atoms with Gasteiger partial charge in [0.05, 0.1) is 12.7 Å². The molecule has 19 heavy (non-hydrogen) atoms. The third kappa shape index (κ3) is 2.19. The molecule has 2 aliphatic carbocycles. The van der Waals surface area contributed by atoms with Gasteiger partial charge in [0.2, 0.25) is 0 Å². The van der Waals surface area contributed by atoms with E-state index < -0.39 is 23.4 Å². The van der Waals surface area contributed by atoms with Crippen molar-refractivity contribution in [3.05, 3.63) is 0 Å². The summed E-state index contributed by atoms with van der Waals surface area (Å²) in [6.45, 7) is 3.75. The van der Waals surface area contributed by atoms with Crippen LogP contribution < -0.4 is 0 Å². The fraction of sp³-hybridized carbons (Fsp3) is 0.857. The summed E-state index contributed by atoms with van der Waals surface area (Å²) in [7, 11) is 0. The second-order valence-electron chi connectivity index (χ2n) is 5.92. The number of ether oxygens (including phenoxy) is 1. The zero-order valence-corrected chi connectivity index (χ0v) is 11.5. The highest BCUT2D eigenvalue weighted by atomic mass is 16.5. The predicted molar refractivity (Wildman–Crippen MR) is 67.2 cm³/mol. The number of aliphatic hydroxyl groups excluding tert-OH is 2. The maximum Gasteiger partial charge on any atom is 0.317 e. The molecule has 5 heteroatoms. The number of rotatable bonds is 3. The van der Waals surface area contributed by atoms with Gasteiger partial charge in [0.1, 0.15) is 11.7 Å². The zero-order valence-electron chi connectivity index (χ0n) is 11.5. The number of ketones is 1. The molecule has 0 radical (unpaired) electrons. The molecule has 2 saturated carbocycles. The van der Waals surface area contributed by atoms with Crippen molar-refractivity contribution in [3.8, 4) is 0 Å². The summed E-state index contributed by atoms with van der Waals surface area (Å²) in [5.41, 5.74) is -0.490. The number of carbonyl (C=O) groups is 2. The molecule has 2 N–H and O–H groups in total. The third-order valence-electron chi connectivity index (χ3n) is 4.97. The van der Waals surface area contributed by atoms with E-state index in [0.717, 1.165) is 0 Å². The Hall–Kier alpha value is -0.940. The molecule has 0 aliphatic heterocycles. The largest absolute Gasteiger partial charge is 0.465 e. The van der Waals surface area contributed by atoms with Crippen LogP contribution in [-0.2, 0) is 14.3 Å². The number of esters is 1. The SMILES string of the molecule is CCOC(=O)C1C(=O)C[C@H]2[C@H](CO)[C@@H](O)CC[C@]12C. The molecule has 5 nitrogen and oxygen atoms in total. The number of hydrogen-bond acceptors (Lipinski definition) is 5. The summed E-state index contributed by atoms with van der Waals surface area (Å²) in [6, 6.07) is 0. The fourth-order valence-electron chi connectivity index (χ4n) is 3.94. The summed E-state index contributed by atoms with van der Waals surface area (Å²) in [6.07, 6.45) is 0.797. The van der Waals surface area contributed by atoms with E-state index in [2.05, 4.69) is 0 Å². The number of aliphatic hydroxyl groups is 2. The molecule has 2 rings (SSSR count). The topological polar surface area (TPSA) is 83.8 Å². The number of carbonyl (C=O) groups excluding carboxylic acids is 2. The van der Waals surface area contributed by atoms with Crippen molar-refractivity contribution in [2.24, 2.45) is 23.2 Å². The van der Waals surface area contributed by atoms with Gasteiger partial charge in [-0.2, -0.15) is 0 Å². The summed E-state index contributed by atoms with van der Waals surface area (Å²) in [5, 5.41) is 19.4. The minimum atomic E-state index is -0.737. The van der Waals surface area contributed by atoms with Crippen molar-refractivity contribution in [2.75, 3.05) is 13.2 Å². The number of hydrogen-bond donors (Lipinski definition) is 2. The second-order valence-corrected chi connectivity index (χ2v) is 5.92. The summed E-state index contributed by atoms with van der Waals surface area (Å²) in [4.78, 5) is 24.2. The Balaban J connectivity index is 2.29. The van der Waals surface area contributed by atoms with Gasteiger partial charge in [-0.05, 0) is 31.1 Å². The van der Waals surface area contributed by atoms with Gasteiger partial charge in [0.25, 0.3) is 0 Å². The maximum atomic E-state index is 12.2. The van der Waals surface area contributed by atoms with Crippen molar-refractivity contribution in [3.63, 3.8) is 0 Å². The Morgan fingerprint density at radius 2 is 2.21 bits per heavy atom. The van der Waals surface area contributed by atoms with E-state index in [-0.39, 0.29) is 37.3 Å². The molecule has 0 saturated heterocycles. The molecule has 0 aromatic rings. The van der Waals surface area contributed by atoms with Crippen LogP contribution in [0.2, 0.25) is 0 Å². The first-order valence-corrected chi connectivity index (χ1v) is 6.94. The van der Waals surface area contributed by atoms with E-state index in [9.17, 15) is 19.8 Å². The highest BCUT2D eigenvalue weighted by Crippen LogP contribution is 2.56. The molecule has 108 valence electrons. The van der Waals surface area contributed by atoms with Crippen LogP contribution in [0.5, 0.6) is 0 Å². The molecular formula is C14H22O5. The van der Waals surface area contributed by atoms with Crippen molar-refractivity contribution in [1.29, 1.82) is 0 Å². The molecule has 0 spiro atoms. The van der Waals surface area contributed by atoms with Crippen LogP contribution in [0.25, 0.3) is 0 Å². The lowest BCUT2D eigenvalue weighted by Crippen LogP contribution is -2.47. The second kappa shape index (κ2) is 5.21. The van der Waals surface area contributed by atoms with Gasteiger partial charge < -0.3 is 14.9 Å². The van der Waals surface area contributed by atoms with Crippen molar-refractivity contribution >= 4 is 11.8 Å². The lowest BCUT2D eigenvalue weighted by Gasteiger charge is -2.45. The average Bonchev–Trinajstić information content (AvgIpc) is 2.61. The first kappa shape index (κ1) is 14.5. The normalized spacial score (nSPS) is 42.0. The first-order chi connectivity index (χ1) is 8.95. The molecule has 0 aromatic carbocycles. The van der Waals surface area contributed by atoms with Crippen molar-refractivity contribution < 1.29 is 24.5 Å². The van der Waals surface area contributed by atoms with Gasteiger partial charge >= 0.3 is 5.97 Å². The van der Waals surface area contributed by atoms with Crippen LogP contribution in [0.1, 0.15) is 33.1 Å². The Labute approximate surface area is 112 Å². The smallest absolute Gasteiger partial charge is 0.317 e. The van der Waals surface area contributed by atoms with E-state index in [0.29, 0.717) is 12.8 Å². The lowest BCUT2D eigenvalue weighted by molar-refractivity contribution is -0.157. The van der Waals surface area contributed by atoms with E-state index in [4.69, 9.17) is 4.74 Å². The molecule has 2 aliphatic rings. The summed E-state index contributed by atoms with van der Waals surface area (Å²) >= 11 is 0. The van der Waals surface area contributed by atoms with E-state index >= 15 is 0 Å². The zero-order chi connectivity index (χ0) is 14.2. The van der Waals surface area contributed by atoms with Crippen LogP contribution in [0.4, 0.5) is 0 Å². The highest BCUT2D eigenvalue weighted by Gasteiger charge is 2.60. The summed E-state index contributed by atoms with van der Waals surface area (Å²) < 4.78 is 5.02. The van der Waals surface area contributed by atoms with Crippen molar-refractivity contribution in [2.45, 2.75) is 39.2 Å². The minimum Gasteiger partial charge on any atom is -0.465 e. The molecule has 1 unspecified atom stereocenters.